The van der Waals surface area contributed by atoms with Gasteiger partial charge in [0, 0.05) is 29.8 Å². The van der Waals surface area contributed by atoms with Crippen LogP contribution < -0.4 is 15.0 Å². The van der Waals surface area contributed by atoms with Crippen molar-refractivity contribution in [2.75, 3.05) is 23.9 Å². The molecule has 2 aromatic carbocycles. The van der Waals surface area contributed by atoms with E-state index in [0.717, 1.165) is 14.5 Å². The highest BCUT2D eigenvalue weighted by Crippen LogP contribution is 2.32. The Bertz CT molecular complexity index is 786. The van der Waals surface area contributed by atoms with E-state index in [-0.39, 0.29) is 18.4 Å². The molecule has 0 fully saturated rings. The second kappa shape index (κ2) is 8.49. The highest BCUT2D eigenvalue weighted by molar-refractivity contribution is 9.11. The van der Waals surface area contributed by atoms with Gasteiger partial charge in [0.2, 0.25) is 5.91 Å². The molecular formula is C18H18Br2N2O3. The van der Waals surface area contributed by atoms with Crippen LogP contribution in [0, 0.1) is 6.92 Å². The van der Waals surface area contributed by atoms with Crippen LogP contribution in [0.25, 0.3) is 0 Å². The number of hydrogen-bond donors (Lipinski definition) is 1. The number of hydrogen-bond acceptors (Lipinski definition) is 3. The fourth-order valence-electron chi connectivity index (χ4n) is 2.18. The Labute approximate surface area is 163 Å². The first-order valence-electron chi connectivity index (χ1n) is 7.50. The van der Waals surface area contributed by atoms with E-state index in [0.29, 0.717) is 17.1 Å². The number of carbonyl (C=O) groups is 2. The van der Waals surface area contributed by atoms with Crippen molar-refractivity contribution in [3.63, 3.8) is 0 Å². The Balaban J connectivity index is 2.02. The molecule has 2 aromatic rings. The molecule has 0 heterocycles. The number of carbonyl (C=O) groups excluding carboxylic acids is 2. The summed E-state index contributed by atoms with van der Waals surface area (Å²) in [6.07, 6.45) is 0. The van der Waals surface area contributed by atoms with Crippen molar-refractivity contribution in [1.82, 2.24) is 0 Å². The Morgan fingerprint density at radius 2 is 1.92 bits per heavy atom. The molecule has 0 bridgehead atoms. The maximum absolute atomic E-state index is 12.1. The average molecular weight is 470 g/mol. The molecular weight excluding hydrogens is 452 g/mol. The largest absolute Gasteiger partial charge is 0.482 e. The van der Waals surface area contributed by atoms with Crippen LogP contribution in [0.1, 0.15) is 12.5 Å². The Hall–Kier alpha value is -1.86. The minimum atomic E-state index is -0.281. The summed E-state index contributed by atoms with van der Waals surface area (Å²) in [6, 6.07) is 10.9. The third-order valence-electron chi connectivity index (χ3n) is 3.53. The molecule has 2 amide bonds. The summed E-state index contributed by atoms with van der Waals surface area (Å²) >= 11 is 6.84. The molecule has 0 aliphatic rings. The molecule has 5 nitrogen and oxygen atoms in total. The number of ether oxygens (including phenoxy) is 1. The first kappa shape index (κ1) is 19.5. The van der Waals surface area contributed by atoms with Crippen molar-refractivity contribution in [2.45, 2.75) is 13.8 Å². The van der Waals surface area contributed by atoms with Crippen LogP contribution in [0.2, 0.25) is 0 Å². The number of aryl methyl sites for hydroxylation is 1. The molecule has 0 aromatic heterocycles. The highest BCUT2D eigenvalue weighted by atomic mass is 79.9. The lowest BCUT2D eigenvalue weighted by atomic mass is 10.2. The van der Waals surface area contributed by atoms with Gasteiger partial charge in [-0.1, -0.05) is 22.0 Å². The Morgan fingerprint density at radius 1 is 1.20 bits per heavy atom. The molecule has 2 rings (SSSR count). The standard InChI is InChI=1S/C18H18Br2N2O3/c1-11-7-13(19)8-16(20)18(11)25-10-17(24)21-14-5-4-6-15(9-14)22(3)12(2)23/h4-9H,10H2,1-3H3,(H,21,24). The van der Waals surface area contributed by atoms with Gasteiger partial charge in [0.05, 0.1) is 4.47 Å². The Morgan fingerprint density at radius 3 is 2.56 bits per heavy atom. The number of rotatable bonds is 5. The van der Waals surface area contributed by atoms with E-state index in [4.69, 9.17) is 4.74 Å². The number of halogens is 2. The van der Waals surface area contributed by atoms with Gasteiger partial charge < -0.3 is 15.0 Å². The summed E-state index contributed by atoms with van der Waals surface area (Å²) in [4.78, 5) is 25.1. The van der Waals surface area contributed by atoms with Crippen LogP contribution in [-0.2, 0) is 9.59 Å². The van der Waals surface area contributed by atoms with Crippen molar-refractivity contribution in [3.8, 4) is 5.75 Å². The van der Waals surface area contributed by atoms with E-state index in [2.05, 4.69) is 37.2 Å². The molecule has 132 valence electrons. The summed E-state index contributed by atoms with van der Waals surface area (Å²) in [5, 5.41) is 2.77. The van der Waals surface area contributed by atoms with Gasteiger partial charge >= 0.3 is 0 Å². The van der Waals surface area contributed by atoms with Gasteiger partial charge in [-0.25, -0.2) is 0 Å². The summed E-state index contributed by atoms with van der Waals surface area (Å²) in [5.41, 5.74) is 2.22. The molecule has 1 N–H and O–H groups in total. The molecule has 0 saturated carbocycles. The summed E-state index contributed by atoms with van der Waals surface area (Å²) in [6.45, 7) is 3.27. The number of nitrogens with zero attached hydrogens (tertiary/aromatic N) is 1. The number of nitrogens with one attached hydrogen (secondary N) is 1. The Kier molecular flexibility index (Phi) is 6.61. The lowest BCUT2D eigenvalue weighted by molar-refractivity contribution is -0.118. The topological polar surface area (TPSA) is 58.6 Å². The minimum Gasteiger partial charge on any atom is -0.482 e. The van der Waals surface area contributed by atoms with Crippen LogP contribution in [0.3, 0.4) is 0 Å². The van der Waals surface area contributed by atoms with E-state index < -0.39 is 0 Å². The maximum atomic E-state index is 12.1. The van der Waals surface area contributed by atoms with Gasteiger partial charge in [0.1, 0.15) is 5.75 Å². The third-order valence-corrected chi connectivity index (χ3v) is 4.58. The van der Waals surface area contributed by atoms with Crippen molar-refractivity contribution in [2.24, 2.45) is 0 Å². The predicted octanol–water partition coefficient (Wildman–Crippen LogP) is 4.52. The van der Waals surface area contributed by atoms with Gasteiger partial charge in [-0.3, -0.25) is 9.59 Å². The van der Waals surface area contributed by atoms with Crippen molar-refractivity contribution in [3.05, 3.63) is 50.9 Å². The SMILES string of the molecule is CC(=O)N(C)c1cccc(NC(=O)COc2c(C)cc(Br)cc2Br)c1. The molecule has 0 radical (unpaired) electrons. The van der Waals surface area contributed by atoms with Crippen molar-refractivity contribution < 1.29 is 14.3 Å². The first-order chi connectivity index (χ1) is 11.8. The zero-order chi connectivity index (χ0) is 18.6. The smallest absolute Gasteiger partial charge is 0.262 e. The summed E-state index contributed by atoms with van der Waals surface area (Å²) in [7, 11) is 1.68. The normalized spacial score (nSPS) is 10.3. The van der Waals surface area contributed by atoms with Crippen molar-refractivity contribution in [1.29, 1.82) is 0 Å². The van der Waals surface area contributed by atoms with Crippen LogP contribution in [-0.4, -0.2) is 25.5 Å². The predicted molar refractivity (Wildman–Crippen MR) is 106 cm³/mol. The van der Waals surface area contributed by atoms with Crippen LogP contribution >= 0.6 is 31.9 Å². The average Bonchev–Trinajstić information content (AvgIpc) is 2.53. The molecule has 7 heteroatoms. The lowest BCUT2D eigenvalue weighted by Gasteiger charge is -2.16. The number of benzene rings is 2. The zero-order valence-corrected chi connectivity index (χ0v) is 17.3. The maximum Gasteiger partial charge on any atom is 0.262 e. The molecule has 0 unspecified atom stereocenters. The zero-order valence-electron chi connectivity index (χ0n) is 14.1. The van der Waals surface area contributed by atoms with E-state index in [9.17, 15) is 9.59 Å². The lowest BCUT2D eigenvalue weighted by Crippen LogP contribution is -2.23. The van der Waals surface area contributed by atoms with Crippen LogP contribution in [0.4, 0.5) is 11.4 Å². The molecule has 0 saturated heterocycles. The van der Waals surface area contributed by atoms with E-state index in [1.165, 1.54) is 11.8 Å². The minimum absolute atomic E-state index is 0.0811. The van der Waals surface area contributed by atoms with Gasteiger partial charge in [-0.2, -0.15) is 0 Å². The van der Waals surface area contributed by atoms with E-state index >= 15 is 0 Å². The fraction of sp³-hybridized carbons (Fsp3) is 0.222. The van der Waals surface area contributed by atoms with E-state index in [1.54, 1.807) is 31.3 Å². The first-order valence-corrected chi connectivity index (χ1v) is 9.09. The second-order valence-electron chi connectivity index (χ2n) is 5.50. The molecule has 0 aliphatic heterocycles. The van der Waals surface area contributed by atoms with Gasteiger partial charge in [-0.05, 0) is 58.7 Å². The van der Waals surface area contributed by atoms with Crippen LogP contribution in [0.5, 0.6) is 5.75 Å². The summed E-state index contributed by atoms with van der Waals surface area (Å²) < 4.78 is 7.33. The number of anilines is 2. The van der Waals surface area contributed by atoms with Gasteiger partial charge in [0.15, 0.2) is 6.61 Å². The molecule has 0 atom stereocenters. The van der Waals surface area contributed by atoms with Crippen molar-refractivity contribution >= 4 is 55.0 Å². The number of amides is 2. The second-order valence-corrected chi connectivity index (χ2v) is 7.27. The monoisotopic (exact) mass is 468 g/mol. The van der Waals surface area contributed by atoms with E-state index in [1.807, 2.05) is 19.1 Å². The quantitative estimate of drug-likeness (QED) is 0.700. The molecule has 0 spiro atoms. The third kappa shape index (κ3) is 5.31. The van der Waals surface area contributed by atoms with Crippen LogP contribution in [0.15, 0.2) is 45.3 Å². The molecule has 0 aliphatic carbocycles. The highest BCUT2D eigenvalue weighted by Gasteiger charge is 2.11. The molecule has 25 heavy (non-hydrogen) atoms. The van der Waals surface area contributed by atoms with Gasteiger partial charge in [0.25, 0.3) is 5.91 Å². The summed E-state index contributed by atoms with van der Waals surface area (Å²) in [5.74, 6) is 0.266. The fourth-order valence-corrected chi connectivity index (χ4v) is 3.73. The van der Waals surface area contributed by atoms with Gasteiger partial charge in [-0.15, -0.1) is 0 Å².